The van der Waals surface area contributed by atoms with Gasteiger partial charge >= 0.3 is 0 Å². The molecule has 1 aromatic carbocycles. The Bertz CT molecular complexity index is 490. The molecule has 2 unspecified atom stereocenters. The van der Waals surface area contributed by atoms with Gasteiger partial charge in [0.2, 0.25) is 11.8 Å². The van der Waals surface area contributed by atoms with Crippen molar-refractivity contribution in [3.8, 4) is 0 Å². The predicted molar refractivity (Wildman–Crippen MR) is 71.9 cm³/mol. The van der Waals surface area contributed by atoms with Crippen LogP contribution in [0, 0.1) is 0 Å². The van der Waals surface area contributed by atoms with Gasteiger partial charge in [-0.2, -0.15) is 0 Å². The van der Waals surface area contributed by atoms with Gasteiger partial charge in [0.1, 0.15) is 6.04 Å². The van der Waals surface area contributed by atoms with Crippen LogP contribution in [0.1, 0.15) is 25.5 Å². The summed E-state index contributed by atoms with van der Waals surface area (Å²) in [5.74, 6) is -0.147. The smallest absolute Gasteiger partial charge is 0.243 e. The highest BCUT2D eigenvalue weighted by atomic mass is 79.9. The predicted octanol–water partition coefficient (Wildman–Crippen LogP) is 1.86. The first-order valence-corrected chi connectivity index (χ1v) is 6.64. The summed E-state index contributed by atoms with van der Waals surface area (Å²) < 4.78 is 0.966. The van der Waals surface area contributed by atoms with Crippen LogP contribution in [0.4, 0.5) is 0 Å². The standard InChI is InChI=1S/C13H15BrN2O2/c1-8(10-4-3-5-11(14)6-10)16-9(2)13(18)15-7-12(16)17/h3-6,8-9H,7H2,1-2H3,(H,15,18). The highest BCUT2D eigenvalue weighted by molar-refractivity contribution is 9.10. The first-order valence-electron chi connectivity index (χ1n) is 5.85. The lowest BCUT2D eigenvalue weighted by Crippen LogP contribution is -2.57. The van der Waals surface area contributed by atoms with Gasteiger partial charge in [0, 0.05) is 4.47 Å². The van der Waals surface area contributed by atoms with E-state index in [1.165, 1.54) is 0 Å². The van der Waals surface area contributed by atoms with E-state index in [0.29, 0.717) is 0 Å². The maximum absolute atomic E-state index is 11.9. The molecule has 0 aliphatic carbocycles. The van der Waals surface area contributed by atoms with E-state index in [2.05, 4.69) is 21.2 Å². The van der Waals surface area contributed by atoms with Crippen molar-refractivity contribution in [3.05, 3.63) is 34.3 Å². The molecule has 2 atom stereocenters. The van der Waals surface area contributed by atoms with Gasteiger partial charge in [0.05, 0.1) is 12.6 Å². The number of hydrogen-bond donors (Lipinski definition) is 1. The van der Waals surface area contributed by atoms with Crippen LogP contribution in [-0.2, 0) is 9.59 Å². The fraction of sp³-hybridized carbons (Fsp3) is 0.385. The summed E-state index contributed by atoms with van der Waals surface area (Å²) in [6.45, 7) is 3.77. The topological polar surface area (TPSA) is 49.4 Å². The Morgan fingerprint density at radius 1 is 1.44 bits per heavy atom. The van der Waals surface area contributed by atoms with E-state index >= 15 is 0 Å². The Morgan fingerprint density at radius 2 is 2.17 bits per heavy atom. The van der Waals surface area contributed by atoms with E-state index in [9.17, 15) is 9.59 Å². The first-order chi connectivity index (χ1) is 8.50. The lowest BCUT2D eigenvalue weighted by molar-refractivity contribution is -0.147. The summed E-state index contributed by atoms with van der Waals surface area (Å²) >= 11 is 3.41. The minimum atomic E-state index is -0.430. The number of nitrogens with zero attached hydrogens (tertiary/aromatic N) is 1. The molecule has 96 valence electrons. The average Bonchev–Trinajstić information content (AvgIpc) is 2.34. The number of hydrogen-bond acceptors (Lipinski definition) is 2. The van der Waals surface area contributed by atoms with Crippen molar-refractivity contribution >= 4 is 27.7 Å². The van der Waals surface area contributed by atoms with Crippen LogP contribution in [0.2, 0.25) is 0 Å². The van der Waals surface area contributed by atoms with E-state index in [1.54, 1.807) is 11.8 Å². The molecule has 1 aliphatic rings. The molecule has 1 aliphatic heterocycles. The largest absolute Gasteiger partial charge is 0.345 e. The number of piperazine rings is 1. The van der Waals surface area contributed by atoms with Crippen LogP contribution in [0.15, 0.2) is 28.7 Å². The van der Waals surface area contributed by atoms with Crippen molar-refractivity contribution in [3.63, 3.8) is 0 Å². The molecular formula is C13H15BrN2O2. The van der Waals surface area contributed by atoms with Crippen LogP contribution in [0.25, 0.3) is 0 Å². The van der Waals surface area contributed by atoms with E-state index in [0.717, 1.165) is 10.0 Å². The van der Waals surface area contributed by atoms with Crippen LogP contribution in [0.3, 0.4) is 0 Å². The summed E-state index contributed by atoms with van der Waals surface area (Å²) in [6.07, 6.45) is 0. The zero-order chi connectivity index (χ0) is 13.3. The first kappa shape index (κ1) is 13.1. The van der Waals surface area contributed by atoms with Crippen LogP contribution >= 0.6 is 15.9 Å². The Morgan fingerprint density at radius 3 is 2.83 bits per heavy atom. The normalized spacial score (nSPS) is 21.7. The number of halogens is 1. The SMILES string of the molecule is CC1C(=O)NCC(=O)N1C(C)c1cccc(Br)c1. The van der Waals surface area contributed by atoms with Crippen LogP contribution in [0.5, 0.6) is 0 Å². The third kappa shape index (κ3) is 2.41. The number of rotatable bonds is 2. The maximum Gasteiger partial charge on any atom is 0.243 e. The van der Waals surface area contributed by atoms with Gasteiger partial charge in [-0.05, 0) is 31.5 Å². The highest BCUT2D eigenvalue weighted by Crippen LogP contribution is 2.26. The minimum Gasteiger partial charge on any atom is -0.345 e. The molecule has 5 heteroatoms. The zero-order valence-corrected chi connectivity index (χ0v) is 11.9. The van der Waals surface area contributed by atoms with Crippen molar-refractivity contribution < 1.29 is 9.59 Å². The number of benzene rings is 1. The molecule has 1 aromatic rings. The van der Waals surface area contributed by atoms with Crippen molar-refractivity contribution in [2.75, 3.05) is 6.54 Å². The van der Waals surface area contributed by atoms with Gasteiger partial charge in [-0.3, -0.25) is 9.59 Å². The average molecular weight is 311 g/mol. The second kappa shape index (κ2) is 5.10. The Kier molecular flexibility index (Phi) is 3.71. The highest BCUT2D eigenvalue weighted by Gasteiger charge is 2.34. The fourth-order valence-electron chi connectivity index (χ4n) is 2.22. The molecule has 0 saturated carbocycles. The Hall–Kier alpha value is -1.36. The molecule has 0 bridgehead atoms. The molecule has 18 heavy (non-hydrogen) atoms. The van der Waals surface area contributed by atoms with Gasteiger partial charge in [0.15, 0.2) is 0 Å². The molecule has 0 aromatic heterocycles. The summed E-state index contributed by atoms with van der Waals surface area (Å²) in [5.41, 5.74) is 1.01. The molecule has 1 N–H and O–H groups in total. The fourth-order valence-corrected chi connectivity index (χ4v) is 2.64. The van der Waals surface area contributed by atoms with Crippen molar-refractivity contribution in [1.29, 1.82) is 0 Å². The lowest BCUT2D eigenvalue weighted by Gasteiger charge is -2.37. The van der Waals surface area contributed by atoms with E-state index in [4.69, 9.17) is 0 Å². The molecule has 0 radical (unpaired) electrons. The van der Waals surface area contributed by atoms with Crippen LogP contribution in [-0.4, -0.2) is 29.3 Å². The van der Waals surface area contributed by atoms with E-state index in [1.807, 2.05) is 31.2 Å². The number of amides is 2. The van der Waals surface area contributed by atoms with Crippen molar-refractivity contribution in [1.82, 2.24) is 10.2 Å². The summed E-state index contributed by atoms with van der Waals surface area (Å²) in [6, 6.07) is 7.25. The third-order valence-corrected chi connectivity index (χ3v) is 3.74. The quantitative estimate of drug-likeness (QED) is 0.906. The molecular weight excluding hydrogens is 296 g/mol. The van der Waals surface area contributed by atoms with Gasteiger partial charge in [-0.25, -0.2) is 0 Å². The third-order valence-electron chi connectivity index (χ3n) is 3.25. The van der Waals surface area contributed by atoms with Gasteiger partial charge < -0.3 is 10.2 Å². The van der Waals surface area contributed by atoms with Gasteiger partial charge in [0.25, 0.3) is 0 Å². The molecule has 1 heterocycles. The maximum atomic E-state index is 11.9. The van der Waals surface area contributed by atoms with E-state index in [-0.39, 0.29) is 24.4 Å². The van der Waals surface area contributed by atoms with E-state index < -0.39 is 6.04 Å². The Balaban J connectivity index is 2.29. The summed E-state index contributed by atoms with van der Waals surface area (Å²) in [7, 11) is 0. The number of carbonyl (C=O) groups excluding carboxylic acids is 2. The molecule has 1 fully saturated rings. The second-order valence-corrected chi connectivity index (χ2v) is 5.34. The zero-order valence-electron chi connectivity index (χ0n) is 10.3. The molecule has 0 spiro atoms. The van der Waals surface area contributed by atoms with Crippen molar-refractivity contribution in [2.24, 2.45) is 0 Å². The summed E-state index contributed by atoms with van der Waals surface area (Å²) in [4.78, 5) is 25.2. The monoisotopic (exact) mass is 310 g/mol. The van der Waals surface area contributed by atoms with Crippen LogP contribution < -0.4 is 5.32 Å². The Labute approximate surface area is 114 Å². The number of carbonyl (C=O) groups is 2. The molecule has 2 amide bonds. The number of nitrogens with one attached hydrogen (secondary N) is 1. The summed E-state index contributed by atoms with van der Waals surface area (Å²) in [5, 5.41) is 2.59. The minimum absolute atomic E-state index is 0.0467. The van der Waals surface area contributed by atoms with Gasteiger partial charge in [-0.15, -0.1) is 0 Å². The lowest BCUT2D eigenvalue weighted by atomic mass is 10.0. The molecule has 2 rings (SSSR count). The molecule has 4 nitrogen and oxygen atoms in total. The second-order valence-electron chi connectivity index (χ2n) is 4.43. The van der Waals surface area contributed by atoms with Crippen molar-refractivity contribution in [2.45, 2.75) is 25.9 Å². The van der Waals surface area contributed by atoms with Gasteiger partial charge in [-0.1, -0.05) is 28.1 Å². The molecule has 1 saturated heterocycles.